The van der Waals surface area contributed by atoms with Gasteiger partial charge in [-0.15, -0.1) is 0 Å². The molecule has 0 spiro atoms. The van der Waals surface area contributed by atoms with Crippen LogP contribution in [0.3, 0.4) is 0 Å². The van der Waals surface area contributed by atoms with Gasteiger partial charge in [0.2, 0.25) is 11.8 Å². The SMILES string of the molecule is CCn1ccnc1[C@@H]1OCCC[C@H]1C(=O)Nc1cccc(C(N)=O)c1. The van der Waals surface area contributed by atoms with Gasteiger partial charge in [0.05, 0.1) is 5.92 Å². The summed E-state index contributed by atoms with van der Waals surface area (Å²) in [6.45, 7) is 3.41. The first-order valence-corrected chi connectivity index (χ1v) is 8.43. The van der Waals surface area contributed by atoms with Crippen LogP contribution in [0.15, 0.2) is 36.7 Å². The lowest BCUT2D eigenvalue weighted by atomic mass is 9.92. The molecule has 0 unspecified atom stereocenters. The zero-order chi connectivity index (χ0) is 17.8. The lowest BCUT2D eigenvalue weighted by molar-refractivity contribution is -0.130. The summed E-state index contributed by atoms with van der Waals surface area (Å²) in [6, 6.07) is 6.61. The summed E-state index contributed by atoms with van der Waals surface area (Å²) in [5.74, 6) is -0.233. The molecule has 1 aliphatic rings. The summed E-state index contributed by atoms with van der Waals surface area (Å²) in [5, 5.41) is 2.87. The topological polar surface area (TPSA) is 99.2 Å². The van der Waals surface area contributed by atoms with Crippen molar-refractivity contribution in [2.24, 2.45) is 11.7 Å². The van der Waals surface area contributed by atoms with Crippen molar-refractivity contribution >= 4 is 17.5 Å². The van der Waals surface area contributed by atoms with Gasteiger partial charge in [-0.05, 0) is 38.0 Å². The molecule has 3 rings (SSSR count). The van der Waals surface area contributed by atoms with Gasteiger partial charge in [0.15, 0.2) is 0 Å². The van der Waals surface area contributed by atoms with Crippen LogP contribution < -0.4 is 11.1 Å². The van der Waals surface area contributed by atoms with E-state index in [1.165, 1.54) is 0 Å². The Hall–Kier alpha value is -2.67. The first-order valence-electron chi connectivity index (χ1n) is 8.43. The molecule has 1 fully saturated rings. The van der Waals surface area contributed by atoms with E-state index in [1.54, 1.807) is 30.5 Å². The molecule has 1 aromatic heterocycles. The third-order valence-electron chi connectivity index (χ3n) is 4.42. The van der Waals surface area contributed by atoms with E-state index < -0.39 is 5.91 Å². The highest BCUT2D eigenvalue weighted by Gasteiger charge is 2.35. The van der Waals surface area contributed by atoms with Crippen molar-refractivity contribution in [2.45, 2.75) is 32.4 Å². The smallest absolute Gasteiger partial charge is 0.248 e. The quantitative estimate of drug-likeness (QED) is 0.869. The predicted octanol–water partition coefficient (Wildman–Crippen LogP) is 2.11. The normalized spacial score (nSPS) is 20.2. The van der Waals surface area contributed by atoms with Crippen LogP contribution in [-0.4, -0.2) is 28.0 Å². The Morgan fingerprint density at radius 3 is 3.04 bits per heavy atom. The first kappa shape index (κ1) is 17.2. The zero-order valence-corrected chi connectivity index (χ0v) is 14.1. The van der Waals surface area contributed by atoms with Crippen molar-refractivity contribution in [3.05, 3.63) is 48.0 Å². The van der Waals surface area contributed by atoms with Crippen LogP contribution in [0, 0.1) is 5.92 Å². The highest BCUT2D eigenvalue weighted by molar-refractivity contribution is 5.97. The Bertz CT molecular complexity index is 771. The van der Waals surface area contributed by atoms with Gasteiger partial charge >= 0.3 is 0 Å². The monoisotopic (exact) mass is 342 g/mol. The molecule has 2 atom stereocenters. The summed E-state index contributed by atoms with van der Waals surface area (Å²) in [6.07, 6.45) is 4.79. The number of hydrogen-bond acceptors (Lipinski definition) is 4. The first-order chi connectivity index (χ1) is 12.1. The molecule has 0 aliphatic carbocycles. The number of amides is 2. The molecule has 1 saturated heterocycles. The van der Waals surface area contributed by atoms with Crippen molar-refractivity contribution in [3.8, 4) is 0 Å². The van der Waals surface area contributed by atoms with E-state index in [1.807, 2.05) is 17.7 Å². The molecule has 0 radical (unpaired) electrons. The van der Waals surface area contributed by atoms with E-state index in [0.717, 1.165) is 25.2 Å². The van der Waals surface area contributed by atoms with Gasteiger partial charge in [0, 0.05) is 36.8 Å². The van der Waals surface area contributed by atoms with Crippen LogP contribution >= 0.6 is 0 Å². The molecule has 2 heterocycles. The van der Waals surface area contributed by atoms with Gasteiger partial charge in [-0.3, -0.25) is 9.59 Å². The zero-order valence-electron chi connectivity index (χ0n) is 14.1. The number of rotatable bonds is 5. The Labute approximate surface area is 146 Å². The average Bonchev–Trinajstić information content (AvgIpc) is 3.10. The number of nitrogens with one attached hydrogen (secondary N) is 1. The van der Waals surface area contributed by atoms with Gasteiger partial charge in [0.25, 0.3) is 0 Å². The van der Waals surface area contributed by atoms with Crippen LogP contribution in [0.2, 0.25) is 0 Å². The summed E-state index contributed by atoms with van der Waals surface area (Å²) in [4.78, 5) is 28.5. The minimum Gasteiger partial charge on any atom is -0.369 e. The molecule has 3 N–H and O–H groups in total. The summed E-state index contributed by atoms with van der Waals surface area (Å²) in [7, 11) is 0. The molecule has 0 bridgehead atoms. The second kappa shape index (κ2) is 7.48. The Balaban J connectivity index is 1.79. The van der Waals surface area contributed by atoms with Gasteiger partial charge < -0.3 is 20.4 Å². The molecule has 7 heteroatoms. The van der Waals surface area contributed by atoms with E-state index in [9.17, 15) is 9.59 Å². The van der Waals surface area contributed by atoms with Gasteiger partial charge in [-0.1, -0.05) is 6.07 Å². The molecular weight excluding hydrogens is 320 g/mol. The number of ether oxygens (including phenoxy) is 1. The average molecular weight is 342 g/mol. The number of carbonyl (C=O) groups excluding carboxylic acids is 2. The molecule has 1 aromatic carbocycles. The molecule has 0 saturated carbocycles. The van der Waals surface area contributed by atoms with Crippen molar-refractivity contribution in [1.82, 2.24) is 9.55 Å². The fourth-order valence-corrected chi connectivity index (χ4v) is 3.13. The number of hydrogen-bond donors (Lipinski definition) is 2. The van der Waals surface area contributed by atoms with Gasteiger partial charge in [-0.2, -0.15) is 0 Å². The number of carbonyl (C=O) groups is 2. The molecule has 7 nitrogen and oxygen atoms in total. The maximum absolute atomic E-state index is 12.8. The van der Waals surface area contributed by atoms with Gasteiger partial charge in [-0.25, -0.2) is 4.98 Å². The minimum absolute atomic E-state index is 0.142. The standard InChI is InChI=1S/C18H22N4O3/c1-2-22-9-8-20-17(22)15-14(7-4-10-25-15)18(24)21-13-6-3-5-12(11-13)16(19)23/h3,5-6,8-9,11,14-15H,2,4,7,10H2,1H3,(H2,19,23)(H,21,24)/t14-,15-/m1/s1. The second-order valence-corrected chi connectivity index (χ2v) is 6.05. The predicted molar refractivity (Wildman–Crippen MR) is 92.9 cm³/mol. The summed E-state index contributed by atoms with van der Waals surface area (Å²) in [5.41, 5.74) is 6.19. The third kappa shape index (κ3) is 3.71. The van der Waals surface area contributed by atoms with Crippen LogP contribution in [-0.2, 0) is 16.1 Å². The summed E-state index contributed by atoms with van der Waals surface area (Å²) >= 11 is 0. The summed E-state index contributed by atoms with van der Waals surface area (Å²) < 4.78 is 7.87. The lowest BCUT2D eigenvalue weighted by Crippen LogP contribution is -2.34. The largest absolute Gasteiger partial charge is 0.369 e. The third-order valence-corrected chi connectivity index (χ3v) is 4.42. The van der Waals surface area contributed by atoms with E-state index in [2.05, 4.69) is 10.3 Å². The van der Waals surface area contributed by atoms with E-state index in [-0.39, 0.29) is 17.9 Å². The Morgan fingerprint density at radius 2 is 2.28 bits per heavy atom. The maximum Gasteiger partial charge on any atom is 0.248 e. The number of aromatic nitrogens is 2. The lowest BCUT2D eigenvalue weighted by Gasteiger charge is -2.30. The number of primary amides is 1. The van der Waals surface area contributed by atoms with Crippen LogP contribution in [0.4, 0.5) is 5.69 Å². The number of benzene rings is 1. The number of nitrogens with zero attached hydrogens (tertiary/aromatic N) is 2. The number of anilines is 1. The van der Waals surface area contributed by atoms with Crippen molar-refractivity contribution in [3.63, 3.8) is 0 Å². The van der Waals surface area contributed by atoms with Crippen LogP contribution in [0.5, 0.6) is 0 Å². The molecule has 1 aliphatic heterocycles. The maximum atomic E-state index is 12.8. The Morgan fingerprint density at radius 1 is 1.44 bits per heavy atom. The highest BCUT2D eigenvalue weighted by atomic mass is 16.5. The Kier molecular flexibility index (Phi) is 5.14. The fourth-order valence-electron chi connectivity index (χ4n) is 3.13. The second-order valence-electron chi connectivity index (χ2n) is 6.05. The molecular formula is C18H22N4O3. The van der Waals surface area contributed by atoms with E-state index in [0.29, 0.717) is 17.9 Å². The van der Waals surface area contributed by atoms with Crippen LogP contribution in [0.1, 0.15) is 42.1 Å². The molecule has 2 amide bonds. The highest BCUT2D eigenvalue weighted by Crippen LogP contribution is 2.33. The molecule has 132 valence electrons. The van der Waals surface area contributed by atoms with E-state index in [4.69, 9.17) is 10.5 Å². The number of aryl methyl sites for hydroxylation is 1. The minimum atomic E-state index is -0.528. The van der Waals surface area contributed by atoms with Crippen LogP contribution in [0.25, 0.3) is 0 Å². The van der Waals surface area contributed by atoms with Gasteiger partial charge in [0.1, 0.15) is 11.9 Å². The fraction of sp³-hybridized carbons (Fsp3) is 0.389. The number of imidazole rings is 1. The van der Waals surface area contributed by atoms with Crippen molar-refractivity contribution in [1.29, 1.82) is 0 Å². The molecule has 2 aromatic rings. The van der Waals surface area contributed by atoms with E-state index >= 15 is 0 Å². The van der Waals surface area contributed by atoms with Crippen molar-refractivity contribution < 1.29 is 14.3 Å². The van der Waals surface area contributed by atoms with Crippen molar-refractivity contribution in [2.75, 3.05) is 11.9 Å². The molecule has 25 heavy (non-hydrogen) atoms. The number of nitrogens with two attached hydrogens (primary N) is 1.